The Bertz CT molecular complexity index is 380. The highest BCUT2D eigenvalue weighted by Crippen LogP contribution is 2.11. The normalized spacial score (nSPS) is 19.8. The van der Waals surface area contributed by atoms with Crippen LogP contribution in [-0.2, 0) is 11.2 Å². The average molecular weight is 247 g/mol. The van der Waals surface area contributed by atoms with Crippen LogP contribution < -0.4 is 10.6 Å². The molecule has 98 valence electrons. The third kappa shape index (κ3) is 3.31. The second-order valence-corrected chi connectivity index (χ2v) is 4.67. The highest BCUT2D eigenvalue weighted by Gasteiger charge is 2.25. The van der Waals surface area contributed by atoms with Crippen molar-refractivity contribution in [1.82, 2.24) is 15.5 Å². The minimum atomic E-state index is 0.194. The molecule has 0 aliphatic carbocycles. The third-order valence-corrected chi connectivity index (χ3v) is 3.31. The van der Waals surface area contributed by atoms with Crippen molar-refractivity contribution in [1.29, 1.82) is 0 Å². The molecule has 1 aromatic rings. The minimum Gasteiger partial charge on any atom is -0.336 e. The van der Waals surface area contributed by atoms with Gasteiger partial charge in [0, 0.05) is 25.7 Å². The summed E-state index contributed by atoms with van der Waals surface area (Å²) >= 11 is 0. The van der Waals surface area contributed by atoms with Gasteiger partial charge >= 0.3 is 0 Å². The summed E-state index contributed by atoms with van der Waals surface area (Å²) < 4.78 is 0. The van der Waals surface area contributed by atoms with Crippen LogP contribution in [0.15, 0.2) is 30.3 Å². The SMILES string of the molecule is CNCC(=O)N1CCNCC1Cc1ccccc1. The second kappa shape index (κ2) is 6.52. The van der Waals surface area contributed by atoms with E-state index in [2.05, 4.69) is 22.8 Å². The van der Waals surface area contributed by atoms with Gasteiger partial charge in [0.2, 0.25) is 5.91 Å². The van der Waals surface area contributed by atoms with Crippen LogP contribution in [-0.4, -0.2) is 50.1 Å². The number of amides is 1. The summed E-state index contributed by atoms with van der Waals surface area (Å²) in [7, 11) is 1.81. The first kappa shape index (κ1) is 13.1. The number of nitrogens with zero attached hydrogens (tertiary/aromatic N) is 1. The summed E-state index contributed by atoms with van der Waals surface area (Å²) in [5, 5.41) is 6.31. The summed E-state index contributed by atoms with van der Waals surface area (Å²) in [6.45, 7) is 2.99. The molecule has 0 bridgehead atoms. The van der Waals surface area contributed by atoms with E-state index in [1.54, 1.807) is 0 Å². The Morgan fingerprint density at radius 3 is 2.94 bits per heavy atom. The molecular formula is C14H21N3O. The molecule has 0 aromatic heterocycles. The molecule has 0 radical (unpaired) electrons. The zero-order chi connectivity index (χ0) is 12.8. The average Bonchev–Trinajstić information content (AvgIpc) is 2.41. The fourth-order valence-electron chi connectivity index (χ4n) is 2.41. The summed E-state index contributed by atoms with van der Waals surface area (Å²) in [5.74, 6) is 0.194. The largest absolute Gasteiger partial charge is 0.336 e. The summed E-state index contributed by atoms with van der Waals surface area (Å²) in [4.78, 5) is 14.0. The molecule has 1 saturated heterocycles. The third-order valence-electron chi connectivity index (χ3n) is 3.31. The Labute approximate surface area is 108 Å². The van der Waals surface area contributed by atoms with Crippen molar-refractivity contribution >= 4 is 5.91 Å². The first-order valence-electron chi connectivity index (χ1n) is 6.50. The highest BCUT2D eigenvalue weighted by atomic mass is 16.2. The monoisotopic (exact) mass is 247 g/mol. The number of rotatable bonds is 4. The van der Waals surface area contributed by atoms with Crippen LogP contribution in [0.2, 0.25) is 0 Å². The number of nitrogens with one attached hydrogen (secondary N) is 2. The first-order valence-corrected chi connectivity index (χ1v) is 6.50. The molecule has 4 heteroatoms. The molecule has 1 heterocycles. The van der Waals surface area contributed by atoms with E-state index in [0.717, 1.165) is 26.1 Å². The van der Waals surface area contributed by atoms with Gasteiger partial charge in [0.15, 0.2) is 0 Å². The predicted molar refractivity (Wildman–Crippen MR) is 72.4 cm³/mol. The van der Waals surface area contributed by atoms with Crippen molar-refractivity contribution < 1.29 is 4.79 Å². The Kier molecular flexibility index (Phi) is 4.73. The lowest BCUT2D eigenvalue weighted by Crippen LogP contribution is -2.56. The maximum absolute atomic E-state index is 12.0. The molecule has 18 heavy (non-hydrogen) atoms. The van der Waals surface area contributed by atoms with Crippen molar-refractivity contribution in [3.8, 4) is 0 Å². The van der Waals surface area contributed by atoms with Gasteiger partial charge in [0.05, 0.1) is 6.54 Å². The quantitative estimate of drug-likeness (QED) is 0.801. The Hall–Kier alpha value is -1.39. The smallest absolute Gasteiger partial charge is 0.236 e. The zero-order valence-corrected chi connectivity index (χ0v) is 10.9. The molecule has 1 aromatic carbocycles. The van der Waals surface area contributed by atoms with E-state index in [1.165, 1.54) is 5.56 Å². The number of hydrogen-bond acceptors (Lipinski definition) is 3. The molecule has 0 spiro atoms. The lowest BCUT2D eigenvalue weighted by atomic mass is 10.0. The molecule has 1 fully saturated rings. The van der Waals surface area contributed by atoms with Crippen molar-refractivity contribution in [2.45, 2.75) is 12.5 Å². The standard InChI is InChI=1S/C14H21N3O/c1-15-11-14(18)17-8-7-16-10-13(17)9-12-5-3-2-4-6-12/h2-6,13,15-16H,7-11H2,1H3. The number of likely N-dealkylation sites (N-methyl/N-ethyl adjacent to an activating group) is 1. The van der Waals surface area contributed by atoms with Crippen molar-refractivity contribution in [3.05, 3.63) is 35.9 Å². The van der Waals surface area contributed by atoms with Crippen molar-refractivity contribution in [3.63, 3.8) is 0 Å². The van der Waals surface area contributed by atoms with Crippen LogP contribution in [0.4, 0.5) is 0 Å². The zero-order valence-electron chi connectivity index (χ0n) is 10.9. The molecule has 1 unspecified atom stereocenters. The van der Waals surface area contributed by atoms with E-state index < -0.39 is 0 Å². The van der Waals surface area contributed by atoms with Gasteiger partial charge in [-0.1, -0.05) is 30.3 Å². The fourth-order valence-corrected chi connectivity index (χ4v) is 2.41. The van der Waals surface area contributed by atoms with Crippen LogP contribution >= 0.6 is 0 Å². The van der Waals surface area contributed by atoms with Crippen LogP contribution in [0.25, 0.3) is 0 Å². The summed E-state index contributed by atoms with van der Waals surface area (Å²) in [6, 6.07) is 10.6. The molecule has 1 atom stereocenters. The van der Waals surface area contributed by atoms with Gasteiger partial charge in [-0.15, -0.1) is 0 Å². The number of benzene rings is 1. The van der Waals surface area contributed by atoms with Crippen LogP contribution in [0.5, 0.6) is 0 Å². The molecule has 1 aliphatic rings. The van der Waals surface area contributed by atoms with Crippen molar-refractivity contribution in [2.75, 3.05) is 33.2 Å². The van der Waals surface area contributed by atoms with Crippen LogP contribution in [0.1, 0.15) is 5.56 Å². The first-order chi connectivity index (χ1) is 8.81. The second-order valence-electron chi connectivity index (χ2n) is 4.67. The van der Waals surface area contributed by atoms with E-state index in [0.29, 0.717) is 6.54 Å². The molecule has 2 rings (SSSR count). The van der Waals surface area contributed by atoms with Crippen LogP contribution in [0.3, 0.4) is 0 Å². The van der Waals surface area contributed by atoms with E-state index in [9.17, 15) is 4.79 Å². The molecular weight excluding hydrogens is 226 g/mol. The fraction of sp³-hybridized carbons (Fsp3) is 0.500. The Morgan fingerprint density at radius 2 is 2.22 bits per heavy atom. The molecule has 0 saturated carbocycles. The minimum absolute atomic E-state index is 0.194. The molecule has 1 amide bonds. The lowest BCUT2D eigenvalue weighted by Gasteiger charge is -2.36. The van der Waals surface area contributed by atoms with Gasteiger partial charge in [0.25, 0.3) is 0 Å². The molecule has 2 N–H and O–H groups in total. The predicted octanol–water partition coefficient (Wildman–Crippen LogP) is 0.249. The maximum atomic E-state index is 12.0. The van der Waals surface area contributed by atoms with Gasteiger partial charge in [-0.05, 0) is 19.0 Å². The number of carbonyl (C=O) groups is 1. The van der Waals surface area contributed by atoms with Gasteiger partial charge in [-0.2, -0.15) is 0 Å². The van der Waals surface area contributed by atoms with E-state index >= 15 is 0 Å². The molecule has 4 nitrogen and oxygen atoms in total. The van der Waals surface area contributed by atoms with Crippen molar-refractivity contribution in [2.24, 2.45) is 0 Å². The number of hydrogen-bond donors (Lipinski definition) is 2. The highest BCUT2D eigenvalue weighted by molar-refractivity contribution is 5.78. The van der Waals surface area contributed by atoms with Gasteiger partial charge in [-0.25, -0.2) is 0 Å². The van der Waals surface area contributed by atoms with Gasteiger partial charge < -0.3 is 15.5 Å². The van der Waals surface area contributed by atoms with Crippen LogP contribution in [0, 0.1) is 0 Å². The summed E-state index contributed by atoms with van der Waals surface area (Å²) in [5.41, 5.74) is 1.29. The van der Waals surface area contributed by atoms with E-state index in [4.69, 9.17) is 0 Å². The summed E-state index contributed by atoms with van der Waals surface area (Å²) in [6.07, 6.45) is 0.920. The topological polar surface area (TPSA) is 44.4 Å². The van der Waals surface area contributed by atoms with E-state index in [1.807, 2.05) is 30.1 Å². The van der Waals surface area contributed by atoms with Gasteiger partial charge in [0.1, 0.15) is 0 Å². The number of carbonyl (C=O) groups excluding carboxylic acids is 1. The number of piperazine rings is 1. The maximum Gasteiger partial charge on any atom is 0.236 e. The van der Waals surface area contributed by atoms with E-state index in [-0.39, 0.29) is 11.9 Å². The van der Waals surface area contributed by atoms with Gasteiger partial charge in [-0.3, -0.25) is 4.79 Å². The Morgan fingerprint density at radius 1 is 1.44 bits per heavy atom. The molecule has 1 aliphatic heterocycles. The Balaban J connectivity index is 2.01. The lowest BCUT2D eigenvalue weighted by molar-refractivity contribution is -0.133.